The Bertz CT molecular complexity index is 860. The lowest BCUT2D eigenvalue weighted by atomic mass is 9.84. The van der Waals surface area contributed by atoms with Gasteiger partial charge in [0.15, 0.2) is 0 Å². The summed E-state index contributed by atoms with van der Waals surface area (Å²) in [5.74, 6) is 0.0510. The summed E-state index contributed by atoms with van der Waals surface area (Å²) in [6, 6.07) is 6.72. The van der Waals surface area contributed by atoms with Crippen molar-refractivity contribution in [2.75, 3.05) is 0 Å². The van der Waals surface area contributed by atoms with Crippen molar-refractivity contribution in [1.82, 2.24) is 20.3 Å². The van der Waals surface area contributed by atoms with Gasteiger partial charge in [-0.2, -0.15) is 0 Å². The van der Waals surface area contributed by atoms with Crippen LogP contribution in [0.15, 0.2) is 30.6 Å². The van der Waals surface area contributed by atoms with Gasteiger partial charge in [0, 0.05) is 37.4 Å². The Morgan fingerprint density at radius 1 is 1.17 bits per heavy atom. The molecule has 2 aromatic rings. The van der Waals surface area contributed by atoms with Gasteiger partial charge >= 0.3 is 0 Å². The van der Waals surface area contributed by atoms with Crippen molar-refractivity contribution in [3.05, 3.63) is 58.7 Å². The first-order chi connectivity index (χ1) is 14.4. The van der Waals surface area contributed by atoms with E-state index < -0.39 is 0 Å². The molecule has 2 N–H and O–H groups in total. The number of hydroxylamine groups is 1. The van der Waals surface area contributed by atoms with Crippen LogP contribution in [0.1, 0.15) is 73.5 Å². The predicted molar refractivity (Wildman–Crippen MR) is 117 cm³/mol. The van der Waals surface area contributed by atoms with Crippen LogP contribution in [0.5, 0.6) is 0 Å². The van der Waals surface area contributed by atoms with Gasteiger partial charge in [-0.1, -0.05) is 26.0 Å². The van der Waals surface area contributed by atoms with Crippen LogP contribution in [0.3, 0.4) is 0 Å². The minimum absolute atomic E-state index is 0.103. The third kappa shape index (κ3) is 5.43. The normalized spacial score (nSPS) is 19.3. The molecule has 6 heteroatoms. The monoisotopic (exact) mass is 410 g/mol. The second-order valence-corrected chi connectivity index (χ2v) is 8.86. The van der Waals surface area contributed by atoms with Gasteiger partial charge in [-0.05, 0) is 68.2 Å². The van der Waals surface area contributed by atoms with Gasteiger partial charge in [-0.15, -0.1) is 0 Å². The van der Waals surface area contributed by atoms with Gasteiger partial charge in [0.25, 0.3) is 0 Å². The van der Waals surface area contributed by atoms with Crippen molar-refractivity contribution < 1.29 is 10.0 Å². The summed E-state index contributed by atoms with van der Waals surface area (Å²) in [5, 5.41) is 8.96. The SMILES string of the molecule is Cc1cnc(CN(Cc2ncccc2C(C)C)C2CCC(C(=O)NO)CC2)c(C)c1. The van der Waals surface area contributed by atoms with Crippen molar-refractivity contribution in [1.29, 1.82) is 0 Å². The summed E-state index contributed by atoms with van der Waals surface area (Å²) in [6.45, 7) is 10.1. The van der Waals surface area contributed by atoms with Crippen molar-refractivity contribution in [2.24, 2.45) is 5.92 Å². The number of nitrogens with one attached hydrogen (secondary N) is 1. The van der Waals surface area contributed by atoms with Crippen LogP contribution < -0.4 is 5.48 Å². The van der Waals surface area contributed by atoms with E-state index in [0.717, 1.165) is 50.2 Å². The Morgan fingerprint density at radius 3 is 2.50 bits per heavy atom. The second kappa shape index (κ2) is 10.1. The van der Waals surface area contributed by atoms with Crippen LogP contribution in [0.4, 0.5) is 0 Å². The van der Waals surface area contributed by atoms with Crippen LogP contribution in [0.25, 0.3) is 0 Å². The lowest BCUT2D eigenvalue weighted by Crippen LogP contribution is -2.40. The van der Waals surface area contributed by atoms with E-state index in [2.05, 4.69) is 44.7 Å². The molecule has 162 valence electrons. The van der Waals surface area contributed by atoms with Gasteiger partial charge < -0.3 is 0 Å². The van der Waals surface area contributed by atoms with E-state index in [4.69, 9.17) is 15.2 Å². The summed E-state index contributed by atoms with van der Waals surface area (Å²) >= 11 is 0. The lowest BCUT2D eigenvalue weighted by Gasteiger charge is -2.36. The Morgan fingerprint density at radius 2 is 1.87 bits per heavy atom. The fraction of sp³-hybridized carbons (Fsp3) is 0.542. The van der Waals surface area contributed by atoms with Crippen LogP contribution in [0.2, 0.25) is 0 Å². The summed E-state index contributed by atoms with van der Waals surface area (Å²) in [6.07, 6.45) is 7.22. The molecule has 2 heterocycles. The van der Waals surface area contributed by atoms with E-state index in [-0.39, 0.29) is 11.8 Å². The first kappa shape index (κ1) is 22.4. The number of hydrogen-bond acceptors (Lipinski definition) is 5. The maximum Gasteiger partial charge on any atom is 0.246 e. The summed E-state index contributed by atoms with van der Waals surface area (Å²) in [4.78, 5) is 23.7. The third-order valence-electron chi connectivity index (χ3n) is 6.27. The molecule has 6 nitrogen and oxygen atoms in total. The smallest absolute Gasteiger partial charge is 0.246 e. The fourth-order valence-electron chi connectivity index (χ4n) is 4.51. The van der Waals surface area contributed by atoms with Gasteiger partial charge in [0.1, 0.15) is 0 Å². The van der Waals surface area contributed by atoms with Gasteiger partial charge in [-0.25, -0.2) is 5.48 Å². The van der Waals surface area contributed by atoms with E-state index in [1.54, 1.807) is 0 Å². The molecular formula is C24H34N4O2. The molecular weight excluding hydrogens is 376 g/mol. The number of hydrogen-bond donors (Lipinski definition) is 2. The number of nitrogens with zero attached hydrogens (tertiary/aromatic N) is 3. The molecule has 1 fully saturated rings. The van der Waals surface area contributed by atoms with E-state index in [1.807, 2.05) is 23.9 Å². The topological polar surface area (TPSA) is 78.4 Å². The predicted octanol–water partition coefficient (Wildman–Crippen LogP) is 4.28. The molecule has 1 aliphatic rings. The van der Waals surface area contributed by atoms with E-state index in [0.29, 0.717) is 12.0 Å². The van der Waals surface area contributed by atoms with Crippen LogP contribution >= 0.6 is 0 Å². The molecule has 0 bridgehead atoms. The third-order valence-corrected chi connectivity index (χ3v) is 6.27. The molecule has 1 amide bonds. The maximum atomic E-state index is 11.8. The second-order valence-electron chi connectivity index (χ2n) is 8.86. The standard InChI is InChI=1S/C24H34N4O2/c1-16(2)21-6-5-11-25-23(21)15-28(14-22-18(4)12-17(3)13-26-22)20-9-7-19(8-10-20)24(29)27-30/h5-6,11-13,16,19-20,30H,7-10,14-15H2,1-4H3,(H,27,29). The molecule has 1 aliphatic carbocycles. The molecule has 2 aromatic heterocycles. The number of pyridine rings is 2. The number of carbonyl (C=O) groups excluding carboxylic acids is 1. The molecule has 0 aliphatic heterocycles. The molecule has 3 rings (SSSR count). The van der Waals surface area contributed by atoms with Crippen LogP contribution in [-0.2, 0) is 17.9 Å². The number of carbonyl (C=O) groups is 1. The van der Waals surface area contributed by atoms with E-state index in [9.17, 15) is 4.79 Å². The molecule has 0 saturated heterocycles. The highest BCUT2D eigenvalue weighted by atomic mass is 16.5. The molecule has 1 saturated carbocycles. The minimum Gasteiger partial charge on any atom is -0.289 e. The number of amides is 1. The number of aromatic nitrogens is 2. The molecule has 0 unspecified atom stereocenters. The first-order valence-electron chi connectivity index (χ1n) is 10.9. The number of rotatable bonds is 7. The zero-order valence-electron chi connectivity index (χ0n) is 18.6. The Kier molecular flexibility index (Phi) is 7.56. The largest absolute Gasteiger partial charge is 0.289 e. The Hall–Kier alpha value is -2.31. The molecule has 0 radical (unpaired) electrons. The summed E-state index contributed by atoms with van der Waals surface area (Å²) in [7, 11) is 0. The van der Waals surface area contributed by atoms with Crippen LogP contribution in [0, 0.1) is 19.8 Å². The van der Waals surface area contributed by atoms with Crippen LogP contribution in [-0.4, -0.2) is 32.0 Å². The van der Waals surface area contributed by atoms with Gasteiger partial charge in [0.05, 0.1) is 11.4 Å². The molecule has 0 spiro atoms. The average Bonchev–Trinajstić information content (AvgIpc) is 2.74. The summed E-state index contributed by atoms with van der Waals surface area (Å²) < 4.78 is 0. The Balaban J connectivity index is 1.83. The summed E-state index contributed by atoms with van der Waals surface area (Å²) in [5.41, 5.74) is 7.69. The van der Waals surface area contributed by atoms with Crippen molar-refractivity contribution >= 4 is 5.91 Å². The van der Waals surface area contributed by atoms with Crippen molar-refractivity contribution in [3.63, 3.8) is 0 Å². The van der Waals surface area contributed by atoms with Crippen molar-refractivity contribution in [3.8, 4) is 0 Å². The zero-order valence-corrected chi connectivity index (χ0v) is 18.6. The van der Waals surface area contributed by atoms with E-state index >= 15 is 0 Å². The van der Waals surface area contributed by atoms with E-state index in [1.165, 1.54) is 16.7 Å². The molecule has 0 atom stereocenters. The average molecular weight is 411 g/mol. The van der Waals surface area contributed by atoms with Gasteiger partial charge in [0.2, 0.25) is 5.91 Å². The Labute approximate surface area is 179 Å². The zero-order chi connectivity index (χ0) is 21.7. The fourth-order valence-corrected chi connectivity index (χ4v) is 4.51. The highest BCUT2D eigenvalue weighted by molar-refractivity contribution is 5.77. The molecule has 0 aromatic carbocycles. The minimum atomic E-state index is -0.261. The molecule has 30 heavy (non-hydrogen) atoms. The highest BCUT2D eigenvalue weighted by Gasteiger charge is 2.30. The lowest BCUT2D eigenvalue weighted by molar-refractivity contribution is -0.134. The first-order valence-corrected chi connectivity index (χ1v) is 10.9. The quantitative estimate of drug-likeness (QED) is 0.526. The van der Waals surface area contributed by atoms with Gasteiger partial charge in [-0.3, -0.25) is 24.9 Å². The number of aryl methyl sites for hydroxylation is 2. The van der Waals surface area contributed by atoms with Crippen molar-refractivity contribution in [2.45, 2.75) is 78.4 Å². The highest BCUT2D eigenvalue weighted by Crippen LogP contribution is 2.30. The maximum absolute atomic E-state index is 11.8.